The highest BCUT2D eigenvalue weighted by Gasteiger charge is 2.44. The molecule has 0 spiro atoms. The number of morpholine rings is 1. The van der Waals surface area contributed by atoms with Crippen LogP contribution in [0, 0.1) is 11.3 Å². The van der Waals surface area contributed by atoms with Gasteiger partial charge in [0.1, 0.15) is 5.54 Å². The Morgan fingerprint density at radius 2 is 2.06 bits per heavy atom. The lowest BCUT2D eigenvalue weighted by Crippen LogP contribution is -2.49. The van der Waals surface area contributed by atoms with Gasteiger partial charge in [0.25, 0.3) is 0 Å². The SMILES string of the molecule is CCNC1(C#N)CCC(N2CC3CCC(C2)O3)C1. The molecule has 2 heterocycles. The summed E-state index contributed by atoms with van der Waals surface area (Å²) in [5, 5.41) is 12.8. The standard InChI is InChI=1S/C14H23N3O/c1-2-16-14(10-15)6-5-11(7-14)17-8-12-3-4-13(9-17)18-12/h11-13,16H,2-9H2,1H3. The summed E-state index contributed by atoms with van der Waals surface area (Å²) in [7, 11) is 0. The first-order chi connectivity index (χ1) is 8.74. The van der Waals surface area contributed by atoms with Crippen LogP contribution in [0.5, 0.6) is 0 Å². The fourth-order valence-electron chi connectivity index (χ4n) is 3.92. The van der Waals surface area contributed by atoms with Crippen molar-refractivity contribution in [1.82, 2.24) is 10.2 Å². The molecule has 1 saturated carbocycles. The maximum atomic E-state index is 9.42. The summed E-state index contributed by atoms with van der Waals surface area (Å²) < 4.78 is 5.89. The molecule has 4 unspecified atom stereocenters. The van der Waals surface area contributed by atoms with Crippen molar-refractivity contribution >= 4 is 0 Å². The number of hydrogen-bond donors (Lipinski definition) is 1. The molecule has 4 heteroatoms. The lowest BCUT2D eigenvalue weighted by Gasteiger charge is -2.36. The van der Waals surface area contributed by atoms with Gasteiger partial charge in [0.15, 0.2) is 0 Å². The van der Waals surface area contributed by atoms with Gasteiger partial charge in [0.2, 0.25) is 0 Å². The van der Waals surface area contributed by atoms with Crippen LogP contribution < -0.4 is 5.32 Å². The first-order valence-corrected chi connectivity index (χ1v) is 7.30. The molecule has 3 fully saturated rings. The predicted molar refractivity (Wildman–Crippen MR) is 69.1 cm³/mol. The number of likely N-dealkylation sites (tertiary alicyclic amines) is 1. The molecule has 1 N–H and O–H groups in total. The second-order valence-electron chi connectivity index (χ2n) is 6.03. The third kappa shape index (κ3) is 2.16. The number of hydrogen-bond acceptors (Lipinski definition) is 4. The Morgan fingerprint density at radius 3 is 2.67 bits per heavy atom. The van der Waals surface area contributed by atoms with E-state index in [2.05, 4.69) is 23.2 Å². The van der Waals surface area contributed by atoms with E-state index in [0.29, 0.717) is 18.2 Å². The van der Waals surface area contributed by atoms with E-state index >= 15 is 0 Å². The van der Waals surface area contributed by atoms with Crippen LogP contribution >= 0.6 is 0 Å². The van der Waals surface area contributed by atoms with E-state index in [0.717, 1.165) is 38.9 Å². The molecule has 2 aliphatic heterocycles. The van der Waals surface area contributed by atoms with Crippen molar-refractivity contribution < 1.29 is 4.74 Å². The Balaban J connectivity index is 1.63. The Labute approximate surface area is 109 Å². The number of nitriles is 1. The topological polar surface area (TPSA) is 48.3 Å². The quantitative estimate of drug-likeness (QED) is 0.818. The first-order valence-electron chi connectivity index (χ1n) is 7.30. The number of nitrogens with one attached hydrogen (secondary N) is 1. The molecule has 0 aromatic heterocycles. The Morgan fingerprint density at radius 1 is 1.33 bits per heavy atom. The van der Waals surface area contributed by atoms with Gasteiger partial charge in [-0.15, -0.1) is 0 Å². The van der Waals surface area contributed by atoms with Crippen LogP contribution in [0.4, 0.5) is 0 Å². The molecule has 0 aromatic carbocycles. The molecule has 2 saturated heterocycles. The van der Waals surface area contributed by atoms with Crippen molar-refractivity contribution in [3.05, 3.63) is 0 Å². The normalized spacial score (nSPS) is 44.1. The molecule has 18 heavy (non-hydrogen) atoms. The molecular weight excluding hydrogens is 226 g/mol. The average molecular weight is 249 g/mol. The molecule has 4 atom stereocenters. The second-order valence-corrected chi connectivity index (χ2v) is 6.03. The highest BCUT2D eigenvalue weighted by molar-refractivity contribution is 5.13. The summed E-state index contributed by atoms with van der Waals surface area (Å²) in [4.78, 5) is 2.59. The molecule has 1 aliphatic carbocycles. The van der Waals surface area contributed by atoms with Crippen LogP contribution in [-0.2, 0) is 4.74 Å². The van der Waals surface area contributed by atoms with Crippen LogP contribution in [-0.4, -0.2) is 48.3 Å². The minimum Gasteiger partial charge on any atom is -0.372 e. The van der Waals surface area contributed by atoms with Crippen LogP contribution in [0.15, 0.2) is 0 Å². The van der Waals surface area contributed by atoms with Gasteiger partial charge >= 0.3 is 0 Å². The summed E-state index contributed by atoms with van der Waals surface area (Å²) in [6.07, 6.45) is 6.50. The number of fused-ring (bicyclic) bond motifs is 2. The van der Waals surface area contributed by atoms with E-state index < -0.39 is 0 Å². The molecule has 0 radical (unpaired) electrons. The average Bonchev–Trinajstić information content (AvgIpc) is 2.95. The van der Waals surface area contributed by atoms with Crippen LogP contribution in [0.3, 0.4) is 0 Å². The molecule has 0 amide bonds. The van der Waals surface area contributed by atoms with Crippen molar-refractivity contribution in [3.63, 3.8) is 0 Å². The van der Waals surface area contributed by atoms with Gasteiger partial charge in [-0.05, 0) is 38.6 Å². The molecule has 3 rings (SSSR count). The van der Waals surface area contributed by atoms with Crippen molar-refractivity contribution in [2.24, 2.45) is 0 Å². The van der Waals surface area contributed by atoms with Crippen LogP contribution in [0.2, 0.25) is 0 Å². The highest BCUT2D eigenvalue weighted by Crippen LogP contribution is 2.36. The fraction of sp³-hybridized carbons (Fsp3) is 0.929. The van der Waals surface area contributed by atoms with E-state index in [9.17, 15) is 5.26 Å². The van der Waals surface area contributed by atoms with Gasteiger partial charge in [-0.25, -0.2) is 0 Å². The summed E-state index contributed by atoms with van der Waals surface area (Å²) in [6.45, 7) is 5.12. The summed E-state index contributed by atoms with van der Waals surface area (Å²) in [5.74, 6) is 0. The Hall–Kier alpha value is -0.630. The lowest BCUT2D eigenvalue weighted by atomic mass is 9.99. The molecule has 3 aliphatic rings. The summed E-state index contributed by atoms with van der Waals surface area (Å²) >= 11 is 0. The third-order valence-electron chi connectivity index (χ3n) is 4.81. The van der Waals surface area contributed by atoms with E-state index in [1.54, 1.807) is 0 Å². The molecular formula is C14H23N3O. The van der Waals surface area contributed by atoms with Crippen molar-refractivity contribution in [3.8, 4) is 6.07 Å². The summed E-state index contributed by atoms with van der Waals surface area (Å²) in [6, 6.07) is 3.10. The number of ether oxygens (including phenoxy) is 1. The largest absolute Gasteiger partial charge is 0.372 e. The second kappa shape index (κ2) is 4.80. The minimum absolute atomic E-state index is 0.267. The minimum atomic E-state index is -0.267. The number of nitrogens with zero attached hydrogens (tertiary/aromatic N) is 2. The van der Waals surface area contributed by atoms with E-state index in [4.69, 9.17) is 4.74 Å². The zero-order valence-corrected chi connectivity index (χ0v) is 11.2. The van der Waals surface area contributed by atoms with Gasteiger partial charge in [0.05, 0.1) is 18.3 Å². The van der Waals surface area contributed by atoms with Crippen LogP contribution in [0.25, 0.3) is 0 Å². The van der Waals surface area contributed by atoms with Crippen LogP contribution in [0.1, 0.15) is 39.0 Å². The van der Waals surface area contributed by atoms with Gasteiger partial charge in [-0.2, -0.15) is 5.26 Å². The van der Waals surface area contributed by atoms with E-state index in [1.165, 1.54) is 12.8 Å². The van der Waals surface area contributed by atoms with E-state index in [-0.39, 0.29) is 5.54 Å². The molecule has 4 nitrogen and oxygen atoms in total. The third-order valence-corrected chi connectivity index (χ3v) is 4.81. The van der Waals surface area contributed by atoms with Gasteiger partial charge in [0, 0.05) is 19.1 Å². The molecule has 100 valence electrons. The number of rotatable bonds is 3. The predicted octanol–water partition coefficient (Wildman–Crippen LogP) is 1.27. The van der Waals surface area contributed by atoms with Crippen molar-refractivity contribution in [1.29, 1.82) is 5.26 Å². The summed E-state index contributed by atoms with van der Waals surface area (Å²) in [5.41, 5.74) is -0.267. The van der Waals surface area contributed by atoms with Crippen molar-refractivity contribution in [2.75, 3.05) is 19.6 Å². The van der Waals surface area contributed by atoms with E-state index in [1.807, 2.05) is 0 Å². The lowest BCUT2D eigenvalue weighted by molar-refractivity contribution is -0.0523. The Kier molecular flexibility index (Phi) is 3.31. The Bertz CT molecular complexity index is 341. The van der Waals surface area contributed by atoms with Gasteiger partial charge in [-0.3, -0.25) is 10.2 Å². The maximum Gasteiger partial charge on any atom is 0.108 e. The smallest absolute Gasteiger partial charge is 0.108 e. The monoisotopic (exact) mass is 249 g/mol. The highest BCUT2D eigenvalue weighted by atomic mass is 16.5. The molecule has 2 bridgehead atoms. The molecule has 0 aromatic rings. The van der Waals surface area contributed by atoms with Gasteiger partial charge in [-0.1, -0.05) is 6.92 Å². The maximum absolute atomic E-state index is 9.42. The zero-order chi connectivity index (χ0) is 12.6. The fourth-order valence-corrected chi connectivity index (χ4v) is 3.92. The van der Waals surface area contributed by atoms with Gasteiger partial charge < -0.3 is 4.74 Å². The zero-order valence-electron chi connectivity index (χ0n) is 11.2. The first kappa shape index (κ1) is 12.4. The van der Waals surface area contributed by atoms with Crippen molar-refractivity contribution in [2.45, 2.75) is 62.8 Å².